The van der Waals surface area contributed by atoms with Crippen molar-refractivity contribution in [2.75, 3.05) is 12.0 Å². The summed E-state index contributed by atoms with van der Waals surface area (Å²) in [5, 5.41) is 14.7. The second-order valence-electron chi connectivity index (χ2n) is 3.88. The van der Waals surface area contributed by atoms with Gasteiger partial charge in [-0.25, -0.2) is 4.79 Å². The lowest BCUT2D eigenvalue weighted by Gasteiger charge is -2.08. The first-order valence-electron chi connectivity index (χ1n) is 5.68. The Morgan fingerprint density at radius 2 is 2.16 bits per heavy atom. The Hall–Kier alpha value is -2.44. The Bertz CT molecular complexity index is 522. The van der Waals surface area contributed by atoms with Crippen LogP contribution in [0, 0.1) is 10.1 Å². The van der Waals surface area contributed by atoms with Gasteiger partial charge in [0.05, 0.1) is 22.8 Å². The van der Waals surface area contributed by atoms with E-state index < -0.39 is 10.9 Å². The molecule has 1 rings (SSSR count). The molecule has 1 aromatic carbocycles. The topological polar surface area (TPSA) is 93.8 Å². The molecule has 7 heteroatoms. The van der Waals surface area contributed by atoms with E-state index in [0.29, 0.717) is 0 Å². The lowest BCUT2D eigenvalue weighted by molar-refractivity contribution is -0.384. The molecule has 0 aliphatic rings. The minimum Gasteiger partial charge on any atom is -0.462 e. The van der Waals surface area contributed by atoms with Gasteiger partial charge in [0.1, 0.15) is 0 Å². The summed E-state index contributed by atoms with van der Waals surface area (Å²) in [6.07, 6.45) is 0. The van der Waals surface area contributed by atoms with Crippen LogP contribution < -0.4 is 5.43 Å². The maximum Gasteiger partial charge on any atom is 0.340 e. The van der Waals surface area contributed by atoms with Gasteiger partial charge in [-0.05, 0) is 26.8 Å². The normalized spacial score (nSPS) is 9.63. The number of anilines is 1. The second-order valence-corrected chi connectivity index (χ2v) is 3.88. The zero-order valence-electron chi connectivity index (χ0n) is 11.0. The van der Waals surface area contributed by atoms with Crippen molar-refractivity contribution in [3.63, 3.8) is 0 Å². The Labute approximate surface area is 110 Å². The highest BCUT2D eigenvalue weighted by atomic mass is 16.6. The number of carbonyl (C=O) groups is 1. The molecule has 1 aromatic rings. The third-order valence-corrected chi connectivity index (χ3v) is 2.11. The highest BCUT2D eigenvalue weighted by Gasteiger charge is 2.16. The van der Waals surface area contributed by atoms with Gasteiger partial charge in [0, 0.05) is 17.8 Å². The molecule has 1 N–H and O–H groups in total. The average Bonchev–Trinajstić information content (AvgIpc) is 2.36. The fourth-order valence-corrected chi connectivity index (χ4v) is 1.30. The summed E-state index contributed by atoms with van der Waals surface area (Å²) in [6.45, 7) is 5.43. The first kappa shape index (κ1) is 14.6. The summed E-state index contributed by atoms with van der Waals surface area (Å²) in [5.41, 5.74) is 3.68. The lowest BCUT2D eigenvalue weighted by Crippen LogP contribution is -2.08. The van der Waals surface area contributed by atoms with E-state index in [2.05, 4.69) is 10.5 Å². The van der Waals surface area contributed by atoms with Gasteiger partial charge in [-0.15, -0.1) is 0 Å². The number of non-ortho nitro benzene ring substituents is 1. The minimum absolute atomic E-state index is 0.125. The quantitative estimate of drug-likeness (QED) is 0.382. The predicted molar refractivity (Wildman–Crippen MR) is 71.5 cm³/mol. The summed E-state index contributed by atoms with van der Waals surface area (Å²) >= 11 is 0. The predicted octanol–water partition coefficient (Wildman–Crippen LogP) is 2.58. The van der Waals surface area contributed by atoms with Gasteiger partial charge in [0.25, 0.3) is 5.69 Å². The largest absolute Gasteiger partial charge is 0.462 e. The molecule has 7 nitrogen and oxygen atoms in total. The Balaban J connectivity index is 3.18. The first-order valence-corrected chi connectivity index (χ1v) is 5.68. The summed E-state index contributed by atoms with van der Waals surface area (Å²) in [4.78, 5) is 21.9. The number of esters is 1. The molecule has 0 aliphatic heterocycles. The molecule has 0 spiro atoms. The third kappa shape index (κ3) is 4.06. The number of rotatable bonds is 5. The number of carbonyl (C=O) groups excluding carboxylic acids is 1. The minimum atomic E-state index is -0.552. The van der Waals surface area contributed by atoms with Crippen molar-refractivity contribution in [1.29, 1.82) is 0 Å². The molecule has 0 aliphatic carbocycles. The van der Waals surface area contributed by atoms with Crippen LogP contribution >= 0.6 is 0 Å². The molecular formula is C12H15N3O4. The van der Waals surface area contributed by atoms with Gasteiger partial charge >= 0.3 is 5.97 Å². The first-order chi connectivity index (χ1) is 8.95. The molecule has 0 amide bonds. The number of hydrazone groups is 1. The van der Waals surface area contributed by atoms with E-state index in [0.717, 1.165) is 5.71 Å². The number of nitro groups is 1. The van der Waals surface area contributed by atoms with Gasteiger partial charge < -0.3 is 4.74 Å². The van der Waals surface area contributed by atoms with Crippen molar-refractivity contribution < 1.29 is 14.5 Å². The van der Waals surface area contributed by atoms with Gasteiger partial charge in [-0.3, -0.25) is 15.5 Å². The molecule has 0 saturated carbocycles. The van der Waals surface area contributed by atoms with Crippen molar-refractivity contribution in [3.8, 4) is 0 Å². The van der Waals surface area contributed by atoms with Crippen molar-refractivity contribution in [2.45, 2.75) is 20.8 Å². The Morgan fingerprint density at radius 3 is 2.68 bits per heavy atom. The van der Waals surface area contributed by atoms with Crippen molar-refractivity contribution in [2.24, 2.45) is 5.10 Å². The van der Waals surface area contributed by atoms with Crippen LogP contribution in [0.2, 0.25) is 0 Å². The number of nitrogens with zero attached hydrogens (tertiary/aromatic N) is 2. The van der Waals surface area contributed by atoms with Crippen LogP contribution in [0.25, 0.3) is 0 Å². The number of hydrogen-bond donors (Lipinski definition) is 1. The number of nitrogens with one attached hydrogen (secondary N) is 1. The highest BCUT2D eigenvalue weighted by molar-refractivity contribution is 5.96. The van der Waals surface area contributed by atoms with Gasteiger partial charge in [0.15, 0.2) is 0 Å². The van der Waals surface area contributed by atoms with E-state index in [4.69, 9.17) is 4.74 Å². The lowest BCUT2D eigenvalue weighted by atomic mass is 10.1. The summed E-state index contributed by atoms with van der Waals surface area (Å²) < 4.78 is 4.88. The van der Waals surface area contributed by atoms with Crippen LogP contribution in [0.15, 0.2) is 23.3 Å². The molecule has 0 heterocycles. The number of ether oxygens (including phenoxy) is 1. The van der Waals surface area contributed by atoms with E-state index in [1.165, 1.54) is 18.2 Å². The van der Waals surface area contributed by atoms with Gasteiger partial charge in [-0.1, -0.05) is 0 Å². The molecule has 0 fully saturated rings. The summed E-state index contributed by atoms with van der Waals surface area (Å²) in [7, 11) is 0. The zero-order valence-corrected chi connectivity index (χ0v) is 11.0. The van der Waals surface area contributed by atoms with E-state index in [-0.39, 0.29) is 23.5 Å². The van der Waals surface area contributed by atoms with Crippen LogP contribution in [-0.4, -0.2) is 23.2 Å². The second kappa shape index (κ2) is 6.48. The molecule has 0 bridgehead atoms. The third-order valence-electron chi connectivity index (χ3n) is 2.11. The van der Waals surface area contributed by atoms with Crippen LogP contribution in [0.1, 0.15) is 31.1 Å². The van der Waals surface area contributed by atoms with Crippen LogP contribution in [-0.2, 0) is 4.74 Å². The summed E-state index contributed by atoms with van der Waals surface area (Å²) in [6, 6.07) is 3.84. The Morgan fingerprint density at radius 1 is 1.47 bits per heavy atom. The molecule has 102 valence electrons. The number of benzene rings is 1. The smallest absolute Gasteiger partial charge is 0.340 e. The van der Waals surface area contributed by atoms with E-state index >= 15 is 0 Å². The van der Waals surface area contributed by atoms with Gasteiger partial charge in [-0.2, -0.15) is 5.10 Å². The van der Waals surface area contributed by atoms with E-state index in [9.17, 15) is 14.9 Å². The standard InChI is InChI=1S/C12H15N3O4/c1-4-19-12(16)10-6-5-9(15(17)18)7-11(10)14-13-8(2)3/h5-7,14H,4H2,1-3H3. The molecule has 0 saturated heterocycles. The molecular weight excluding hydrogens is 250 g/mol. The SMILES string of the molecule is CCOC(=O)c1ccc([N+](=O)[O-])cc1NN=C(C)C. The van der Waals surface area contributed by atoms with Crippen molar-refractivity contribution >= 4 is 23.1 Å². The van der Waals surface area contributed by atoms with Crippen LogP contribution in [0.3, 0.4) is 0 Å². The molecule has 0 aromatic heterocycles. The monoisotopic (exact) mass is 265 g/mol. The molecule has 19 heavy (non-hydrogen) atoms. The van der Waals surface area contributed by atoms with Crippen molar-refractivity contribution in [3.05, 3.63) is 33.9 Å². The van der Waals surface area contributed by atoms with E-state index in [1.54, 1.807) is 20.8 Å². The maximum atomic E-state index is 11.7. The van der Waals surface area contributed by atoms with Crippen LogP contribution in [0.4, 0.5) is 11.4 Å². The fraction of sp³-hybridized carbons (Fsp3) is 0.333. The highest BCUT2D eigenvalue weighted by Crippen LogP contribution is 2.23. The Kier molecular flexibility index (Phi) is 4.99. The molecule has 0 unspecified atom stereocenters. The fourth-order valence-electron chi connectivity index (χ4n) is 1.30. The molecule has 0 radical (unpaired) electrons. The zero-order chi connectivity index (χ0) is 14.4. The summed E-state index contributed by atoms with van der Waals surface area (Å²) in [5.74, 6) is -0.552. The van der Waals surface area contributed by atoms with E-state index in [1.807, 2.05) is 0 Å². The maximum absolute atomic E-state index is 11.7. The van der Waals surface area contributed by atoms with Crippen molar-refractivity contribution in [1.82, 2.24) is 0 Å². The number of nitro benzene ring substituents is 1. The van der Waals surface area contributed by atoms with Gasteiger partial charge in [0.2, 0.25) is 0 Å². The average molecular weight is 265 g/mol. The number of hydrogen-bond acceptors (Lipinski definition) is 6. The molecule has 0 atom stereocenters. The van der Waals surface area contributed by atoms with Crippen LogP contribution in [0.5, 0.6) is 0 Å².